The van der Waals surface area contributed by atoms with Crippen LogP contribution in [-0.4, -0.2) is 16.3 Å². The predicted molar refractivity (Wildman–Crippen MR) is 132 cm³/mol. The maximum absolute atomic E-state index is 13.1. The molecule has 1 aromatic carbocycles. The summed E-state index contributed by atoms with van der Waals surface area (Å²) >= 11 is 0. The Morgan fingerprint density at radius 2 is 1.83 bits per heavy atom. The lowest BCUT2D eigenvalue weighted by molar-refractivity contribution is -0.137. The first-order chi connectivity index (χ1) is 16.3. The normalized spacial score (nSPS) is 20.1. The Bertz CT molecular complexity index is 1230. The van der Waals surface area contributed by atoms with Gasteiger partial charge in [-0.2, -0.15) is 18.3 Å². The van der Waals surface area contributed by atoms with Crippen LogP contribution in [0.1, 0.15) is 64.5 Å². The molecule has 2 aromatic rings. The molecular weight excluding hydrogens is 451 g/mol. The van der Waals surface area contributed by atoms with Crippen molar-refractivity contribution < 1.29 is 17.9 Å². The summed E-state index contributed by atoms with van der Waals surface area (Å²) in [6.07, 6.45) is -1.02. The monoisotopic (exact) mass is 483 g/mol. The molecule has 2 N–H and O–H groups in total. The molecule has 0 saturated carbocycles. The third-order valence-corrected chi connectivity index (χ3v) is 6.53. The van der Waals surface area contributed by atoms with Crippen molar-refractivity contribution in [3.63, 3.8) is 0 Å². The maximum Gasteiger partial charge on any atom is 0.416 e. The molecule has 1 unspecified atom stereocenters. The summed E-state index contributed by atoms with van der Waals surface area (Å²) in [5.41, 5.74) is 6.55. The molecule has 0 saturated heterocycles. The Hall–Kier alpha value is -3.22. The van der Waals surface area contributed by atoms with Crippen molar-refractivity contribution in [3.05, 3.63) is 88.6 Å². The lowest BCUT2D eigenvalue weighted by Gasteiger charge is -2.42. The first-order valence-electron chi connectivity index (χ1n) is 11.7. The summed E-state index contributed by atoms with van der Waals surface area (Å²) in [5, 5.41) is 10.9. The van der Waals surface area contributed by atoms with Crippen LogP contribution in [0, 0.1) is 5.41 Å². The van der Waals surface area contributed by atoms with Gasteiger partial charge in [0.25, 0.3) is 0 Å². The predicted octanol–water partition coefficient (Wildman–Crippen LogP) is 7.63. The molecule has 1 aliphatic heterocycles. The van der Waals surface area contributed by atoms with Crippen molar-refractivity contribution >= 4 is 0 Å². The van der Waals surface area contributed by atoms with Gasteiger partial charge in [-0.1, -0.05) is 39.1 Å². The molecule has 0 bridgehead atoms. The molecule has 1 aromatic heterocycles. The molecule has 1 aliphatic carbocycles. The highest BCUT2D eigenvalue weighted by Crippen LogP contribution is 2.52. The average Bonchev–Trinajstić information content (AvgIpc) is 3.20. The highest BCUT2D eigenvalue weighted by molar-refractivity contribution is 5.69. The van der Waals surface area contributed by atoms with E-state index in [1.165, 1.54) is 12.1 Å². The Kier molecular flexibility index (Phi) is 6.24. The zero-order valence-electron chi connectivity index (χ0n) is 20.9. The minimum atomic E-state index is -4.39. The van der Waals surface area contributed by atoms with Crippen LogP contribution in [0.4, 0.5) is 13.2 Å². The molecule has 2 aliphatic rings. The van der Waals surface area contributed by atoms with Gasteiger partial charge in [0.2, 0.25) is 0 Å². The van der Waals surface area contributed by atoms with Gasteiger partial charge in [-0.15, -0.1) is 0 Å². The number of aromatic nitrogens is 2. The molecule has 0 amide bonds. The van der Waals surface area contributed by atoms with Crippen molar-refractivity contribution in [3.8, 4) is 11.3 Å². The van der Waals surface area contributed by atoms with Crippen molar-refractivity contribution in [1.82, 2.24) is 15.5 Å². The van der Waals surface area contributed by atoms with Crippen LogP contribution in [0.3, 0.4) is 0 Å². The van der Waals surface area contributed by atoms with E-state index >= 15 is 0 Å². The molecule has 4 rings (SSSR count). The zero-order chi connectivity index (χ0) is 25.7. The molecule has 35 heavy (non-hydrogen) atoms. The summed E-state index contributed by atoms with van der Waals surface area (Å²) < 4.78 is 45.5. The van der Waals surface area contributed by atoms with Crippen LogP contribution in [-0.2, 0) is 10.9 Å². The minimum absolute atomic E-state index is 0.0589. The molecule has 7 heteroatoms. The quantitative estimate of drug-likeness (QED) is 0.430. The van der Waals surface area contributed by atoms with Crippen LogP contribution < -0.4 is 5.32 Å². The number of hydrogen-bond donors (Lipinski definition) is 2. The van der Waals surface area contributed by atoms with Gasteiger partial charge in [0.15, 0.2) is 0 Å². The molecule has 2 heterocycles. The van der Waals surface area contributed by atoms with Gasteiger partial charge in [-0.05, 0) is 67.9 Å². The molecule has 0 fully saturated rings. The number of alkyl halides is 3. The number of hydrogen-bond acceptors (Lipinski definition) is 3. The molecule has 4 nitrogen and oxygen atoms in total. The van der Waals surface area contributed by atoms with Crippen LogP contribution in [0.5, 0.6) is 0 Å². The topological polar surface area (TPSA) is 49.9 Å². The maximum atomic E-state index is 13.1. The van der Waals surface area contributed by atoms with E-state index in [4.69, 9.17) is 4.74 Å². The number of halogens is 3. The van der Waals surface area contributed by atoms with Gasteiger partial charge < -0.3 is 10.1 Å². The fourth-order valence-electron chi connectivity index (χ4n) is 5.27. The van der Waals surface area contributed by atoms with Gasteiger partial charge >= 0.3 is 6.18 Å². The van der Waals surface area contributed by atoms with E-state index in [1.807, 2.05) is 20.8 Å². The van der Waals surface area contributed by atoms with Gasteiger partial charge in [0.1, 0.15) is 5.76 Å². The van der Waals surface area contributed by atoms with Crippen molar-refractivity contribution in [2.45, 2.75) is 65.7 Å². The highest BCUT2D eigenvalue weighted by Gasteiger charge is 2.41. The second kappa shape index (κ2) is 8.77. The van der Waals surface area contributed by atoms with Gasteiger partial charge in [-0.3, -0.25) is 5.10 Å². The molecule has 186 valence electrons. The van der Waals surface area contributed by atoms with Gasteiger partial charge in [-0.25, -0.2) is 0 Å². The summed E-state index contributed by atoms with van der Waals surface area (Å²) in [7, 11) is 0. The van der Waals surface area contributed by atoms with E-state index in [0.717, 1.165) is 58.7 Å². The fourth-order valence-corrected chi connectivity index (χ4v) is 5.27. The molecular formula is C28H32F3N3O. The van der Waals surface area contributed by atoms with Gasteiger partial charge in [0.05, 0.1) is 23.6 Å². The van der Waals surface area contributed by atoms with Crippen LogP contribution in [0.2, 0.25) is 0 Å². The summed E-state index contributed by atoms with van der Waals surface area (Å²) in [4.78, 5) is 0. The van der Waals surface area contributed by atoms with Crippen molar-refractivity contribution in [2.24, 2.45) is 5.41 Å². The molecule has 1 atom stereocenters. The second-order valence-corrected chi connectivity index (χ2v) is 10.5. The Morgan fingerprint density at radius 3 is 2.43 bits per heavy atom. The number of aromatic amines is 1. The standard InChI is InChI=1S/C28H32F3N3O/c1-15(2)35-18(5)24-17(4)33-22-13-27(6,7)12-16(3)23(22)25(24)21-14-32-34-26(21)19-8-10-20(11-9-19)28(29,30)31/h8-11,14-15,25,33H,3,5,12-13H2,1-2,4,6-7H3,(H,32,34). The van der Waals surface area contributed by atoms with Crippen LogP contribution in [0.15, 0.2) is 77.5 Å². The summed E-state index contributed by atoms with van der Waals surface area (Å²) in [6, 6.07) is 5.14. The summed E-state index contributed by atoms with van der Waals surface area (Å²) in [5.74, 6) is 0.288. The lowest BCUT2D eigenvalue weighted by Crippen LogP contribution is -2.34. The number of nitrogens with zero attached hydrogens (tertiary/aromatic N) is 1. The van der Waals surface area contributed by atoms with E-state index in [-0.39, 0.29) is 17.4 Å². The van der Waals surface area contributed by atoms with Crippen LogP contribution in [0.25, 0.3) is 11.3 Å². The highest BCUT2D eigenvalue weighted by atomic mass is 19.4. The Morgan fingerprint density at radius 1 is 1.17 bits per heavy atom. The number of nitrogens with one attached hydrogen (secondary N) is 2. The number of benzene rings is 1. The minimum Gasteiger partial charge on any atom is -0.491 e. The molecule has 0 spiro atoms. The lowest BCUT2D eigenvalue weighted by atomic mass is 9.67. The smallest absolute Gasteiger partial charge is 0.416 e. The second-order valence-electron chi connectivity index (χ2n) is 10.5. The largest absolute Gasteiger partial charge is 0.491 e. The van der Waals surface area contributed by atoms with Gasteiger partial charge in [0, 0.05) is 28.4 Å². The third-order valence-electron chi connectivity index (χ3n) is 6.53. The number of ether oxygens (including phenoxy) is 1. The van der Waals surface area contributed by atoms with Crippen LogP contribution >= 0.6 is 0 Å². The van der Waals surface area contributed by atoms with E-state index in [2.05, 4.69) is 42.5 Å². The van der Waals surface area contributed by atoms with E-state index in [0.29, 0.717) is 17.0 Å². The fraction of sp³-hybridized carbons (Fsp3) is 0.393. The van der Waals surface area contributed by atoms with Crippen molar-refractivity contribution in [1.29, 1.82) is 0 Å². The number of allylic oxidation sites excluding steroid dienone is 5. The number of dihydropyridines is 1. The molecule has 0 radical (unpaired) electrons. The zero-order valence-corrected chi connectivity index (χ0v) is 20.9. The Labute approximate surface area is 204 Å². The van der Waals surface area contributed by atoms with E-state index in [1.54, 1.807) is 6.20 Å². The third kappa shape index (κ3) is 4.81. The summed E-state index contributed by atoms with van der Waals surface area (Å²) in [6.45, 7) is 19.0. The average molecular weight is 484 g/mol. The first-order valence-corrected chi connectivity index (χ1v) is 11.7. The van der Waals surface area contributed by atoms with Crippen molar-refractivity contribution in [2.75, 3.05) is 0 Å². The van der Waals surface area contributed by atoms with E-state index < -0.39 is 11.7 Å². The SMILES string of the molecule is C=C1CC(C)(C)CC2=C1C(c1cn[nH]c1-c1ccc(C(F)(F)F)cc1)C(C(=C)OC(C)C)=C(C)N2. The first kappa shape index (κ1) is 24.9. The Balaban J connectivity index is 1.87. The number of rotatable bonds is 5. The van der Waals surface area contributed by atoms with E-state index in [9.17, 15) is 13.2 Å². The number of H-pyrrole nitrogens is 1.